The summed E-state index contributed by atoms with van der Waals surface area (Å²) in [6.07, 6.45) is 0.0243. The summed E-state index contributed by atoms with van der Waals surface area (Å²) in [5.74, 6) is -2.38. The molecular formula is C13H16F2N2O2. The van der Waals surface area contributed by atoms with Crippen LogP contribution in [-0.4, -0.2) is 35.1 Å². The van der Waals surface area contributed by atoms with Crippen LogP contribution in [0, 0.1) is 17.6 Å². The number of piperidine rings is 1. The van der Waals surface area contributed by atoms with Crippen molar-refractivity contribution in [1.29, 1.82) is 0 Å². The number of amides is 1. The Morgan fingerprint density at radius 2 is 2.00 bits per heavy atom. The van der Waals surface area contributed by atoms with Crippen molar-refractivity contribution in [2.75, 3.05) is 18.8 Å². The van der Waals surface area contributed by atoms with Gasteiger partial charge in [-0.05, 0) is 24.5 Å². The lowest BCUT2D eigenvalue weighted by Gasteiger charge is -2.34. The van der Waals surface area contributed by atoms with Crippen molar-refractivity contribution >= 4 is 11.6 Å². The summed E-state index contributed by atoms with van der Waals surface area (Å²) < 4.78 is 26.7. The van der Waals surface area contributed by atoms with E-state index in [1.807, 2.05) is 6.92 Å². The van der Waals surface area contributed by atoms with Crippen LogP contribution in [0.15, 0.2) is 12.1 Å². The fourth-order valence-corrected chi connectivity index (χ4v) is 2.21. The number of anilines is 1. The maximum absolute atomic E-state index is 13.3. The zero-order chi connectivity index (χ0) is 14.2. The Labute approximate surface area is 109 Å². The molecule has 3 N–H and O–H groups in total. The Kier molecular flexibility index (Phi) is 3.71. The summed E-state index contributed by atoms with van der Waals surface area (Å²) in [6, 6.07) is 1.88. The molecule has 1 aromatic carbocycles. The lowest BCUT2D eigenvalue weighted by atomic mass is 9.96. The van der Waals surface area contributed by atoms with Crippen LogP contribution in [0.25, 0.3) is 0 Å². The second kappa shape index (κ2) is 5.13. The van der Waals surface area contributed by atoms with Crippen LogP contribution >= 0.6 is 0 Å². The van der Waals surface area contributed by atoms with Crippen molar-refractivity contribution < 1.29 is 18.7 Å². The van der Waals surface area contributed by atoms with Gasteiger partial charge in [-0.1, -0.05) is 6.92 Å². The number of nitrogen functional groups attached to an aromatic ring is 1. The molecule has 0 saturated carbocycles. The van der Waals surface area contributed by atoms with Crippen LogP contribution in [-0.2, 0) is 0 Å². The Morgan fingerprint density at radius 1 is 1.42 bits per heavy atom. The lowest BCUT2D eigenvalue weighted by Crippen LogP contribution is -2.45. The quantitative estimate of drug-likeness (QED) is 0.758. The number of hydrogen-bond donors (Lipinski definition) is 2. The monoisotopic (exact) mass is 270 g/mol. The Morgan fingerprint density at radius 3 is 2.53 bits per heavy atom. The normalized spacial score (nSPS) is 23.5. The van der Waals surface area contributed by atoms with Gasteiger partial charge in [0.25, 0.3) is 5.91 Å². The molecule has 0 aliphatic carbocycles. The summed E-state index contributed by atoms with van der Waals surface area (Å²) in [5, 5.41) is 9.60. The van der Waals surface area contributed by atoms with Crippen molar-refractivity contribution in [2.45, 2.75) is 19.4 Å². The summed E-state index contributed by atoms with van der Waals surface area (Å²) in [6.45, 7) is 2.57. The van der Waals surface area contributed by atoms with Gasteiger partial charge in [-0.2, -0.15) is 0 Å². The third-order valence-electron chi connectivity index (χ3n) is 3.47. The molecule has 0 bridgehead atoms. The van der Waals surface area contributed by atoms with E-state index in [0.29, 0.717) is 19.5 Å². The van der Waals surface area contributed by atoms with Gasteiger partial charge in [-0.25, -0.2) is 8.78 Å². The number of nitrogens with two attached hydrogens (primary N) is 1. The van der Waals surface area contributed by atoms with Crippen LogP contribution in [0.4, 0.5) is 14.5 Å². The number of carbonyl (C=O) groups is 1. The molecule has 0 aromatic heterocycles. The molecule has 0 spiro atoms. The average molecular weight is 270 g/mol. The number of carbonyl (C=O) groups excluding carboxylic acids is 1. The fraction of sp³-hybridized carbons (Fsp3) is 0.462. The van der Waals surface area contributed by atoms with Crippen molar-refractivity contribution in [3.63, 3.8) is 0 Å². The molecule has 2 rings (SSSR count). The molecular weight excluding hydrogens is 254 g/mol. The minimum Gasteiger partial charge on any atom is -0.394 e. The molecule has 1 amide bonds. The van der Waals surface area contributed by atoms with Crippen molar-refractivity contribution in [3.8, 4) is 0 Å². The molecule has 1 heterocycles. The van der Waals surface area contributed by atoms with Gasteiger partial charge in [-0.15, -0.1) is 0 Å². The molecule has 1 saturated heterocycles. The van der Waals surface area contributed by atoms with Crippen LogP contribution < -0.4 is 5.73 Å². The summed E-state index contributed by atoms with van der Waals surface area (Å²) in [5.41, 5.74) is 4.52. The van der Waals surface area contributed by atoms with Crippen LogP contribution in [0.2, 0.25) is 0 Å². The van der Waals surface area contributed by atoms with E-state index in [0.717, 1.165) is 12.1 Å². The van der Waals surface area contributed by atoms with Gasteiger partial charge in [0.1, 0.15) is 17.3 Å². The fourth-order valence-electron chi connectivity index (χ4n) is 2.21. The molecule has 1 fully saturated rings. The van der Waals surface area contributed by atoms with Gasteiger partial charge in [-0.3, -0.25) is 4.79 Å². The summed E-state index contributed by atoms with van der Waals surface area (Å²) in [7, 11) is 0. The molecule has 19 heavy (non-hydrogen) atoms. The number of halogens is 2. The van der Waals surface area contributed by atoms with E-state index in [1.165, 1.54) is 4.90 Å². The van der Waals surface area contributed by atoms with E-state index in [2.05, 4.69) is 0 Å². The topological polar surface area (TPSA) is 66.6 Å². The third-order valence-corrected chi connectivity index (χ3v) is 3.47. The maximum Gasteiger partial charge on any atom is 0.254 e. The average Bonchev–Trinajstić information content (AvgIpc) is 2.37. The first-order chi connectivity index (χ1) is 8.90. The largest absolute Gasteiger partial charge is 0.394 e. The van der Waals surface area contributed by atoms with Gasteiger partial charge in [0.2, 0.25) is 0 Å². The SMILES string of the molecule is CC1CN(C(=O)c2cc(F)c(N)c(F)c2)CCC1O. The van der Waals surface area contributed by atoms with Gasteiger partial charge in [0.05, 0.1) is 6.10 Å². The Bertz CT molecular complexity index is 484. The first kappa shape index (κ1) is 13.7. The predicted octanol–water partition coefficient (Wildman–Crippen LogP) is 1.39. The number of nitrogens with zero attached hydrogens (tertiary/aromatic N) is 1. The van der Waals surface area contributed by atoms with Gasteiger partial charge in [0, 0.05) is 18.7 Å². The van der Waals surface area contributed by atoms with E-state index in [-0.39, 0.29) is 11.5 Å². The lowest BCUT2D eigenvalue weighted by molar-refractivity contribution is 0.0297. The van der Waals surface area contributed by atoms with Gasteiger partial charge < -0.3 is 15.7 Å². The zero-order valence-electron chi connectivity index (χ0n) is 10.6. The van der Waals surface area contributed by atoms with Gasteiger partial charge in [0.15, 0.2) is 0 Å². The third kappa shape index (κ3) is 2.68. The minimum absolute atomic E-state index is 0.0545. The highest BCUT2D eigenvalue weighted by molar-refractivity contribution is 5.94. The first-order valence-corrected chi connectivity index (χ1v) is 6.12. The van der Waals surface area contributed by atoms with E-state index in [9.17, 15) is 18.7 Å². The Balaban J connectivity index is 2.20. The smallest absolute Gasteiger partial charge is 0.254 e. The second-order valence-electron chi connectivity index (χ2n) is 4.94. The molecule has 0 radical (unpaired) electrons. The van der Waals surface area contributed by atoms with Crippen molar-refractivity contribution in [1.82, 2.24) is 4.90 Å². The van der Waals surface area contributed by atoms with Crippen LogP contribution in [0.3, 0.4) is 0 Å². The van der Waals surface area contributed by atoms with E-state index in [1.54, 1.807) is 0 Å². The summed E-state index contributed by atoms with van der Waals surface area (Å²) in [4.78, 5) is 13.6. The van der Waals surface area contributed by atoms with E-state index < -0.39 is 29.3 Å². The number of rotatable bonds is 1. The number of likely N-dealkylation sites (tertiary alicyclic amines) is 1. The highest BCUT2D eigenvalue weighted by atomic mass is 19.1. The number of hydrogen-bond acceptors (Lipinski definition) is 3. The maximum atomic E-state index is 13.3. The number of aliphatic hydroxyl groups excluding tert-OH is 1. The molecule has 1 aliphatic heterocycles. The van der Waals surface area contributed by atoms with Crippen molar-refractivity contribution in [2.24, 2.45) is 5.92 Å². The highest BCUT2D eigenvalue weighted by Crippen LogP contribution is 2.22. The van der Waals surface area contributed by atoms with E-state index >= 15 is 0 Å². The number of aliphatic hydroxyl groups is 1. The number of benzene rings is 1. The predicted molar refractivity (Wildman–Crippen MR) is 66.5 cm³/mol. The standard InChI is InChI=1S/C13H16F2N2O2/c1-7-6-17(3-2-11(7)18)13(19)8-4-9(14)12(16)10(15)5-8/h4-5,7,11,18H,2-3,6,16H2,1H3. The molecule has 6 heteroatoms. The highest BCUT2D eigenvalue weighted by Gasteiger charge is 2.28. The molecule has 1 aromatic rings. The first-order valence-electron chi connectivity index (χ1n) is 6.12. The second-order valence-corrected chi connectivity index (χ2v) is 4.94. The van der Waals surface area contributed by atoms with E-state index in [4.69, 9.17) is 5.73 Å². The molecule has 2 atom stereocenters. The molecule has 104 valence electrons. The zero-order valence-corrected chi connectivity index (χ0v) is 10.6. The molecule has 1 aliphatic rings. The molecule has 4 nitrogen and oxygen atoms in total. The summed E-state index contributed by atoms with van der Waals surface area (Å²) >= 11 is 0. The Hall–Kier alpha value is -1.69. The molecule has 2 unspecified atom stereocenters. The minimum atomic E-state index is -0.937. The van der Waals surface area contributed by atoms with Crippen LogP contribution in [0.5, 0.6) is 0 Å². The van der Waals surface area contributed by atoms with Crippen LogP contribution in [0.1, 0.15) is 23.7 Å². The van der Waals surface area contributed by atoms with Crippen molar-refractivity contribution in [3.05, 3.63) is 29.3 Å². The van der Waals surface area contributed by atoms with Gasteiger partial charge >= 0.3 is 0 Å².